The Morgan fingerprint density at radius 2 is 1.97 bits per heavy atom. The van der Waals surface area contributed by atoms with E-state index in [1.54, 1.807) is 43.5 Å². The first kappa shape index (κ1) is 22.7. The maximum absolute atomic E-state index is 12.3. The van der Waals surface area contributed by atoms with E-state index in [1.165, 1.54) is 0 Å². The number of β-amino-alcohol motifs (C(OH)–C–C–N with tert-alkyl or cyclic N) is 1. The number of nitrogens with zero attached hydrogens (tertiary/aromatic N) is 2. The van der Waals surface area contributed by atoms with Crippen LogP contribution in [0.1, 0.15) is 0 Å². The summed E-state index contributed by atoms with van der Waals surface area (Å²) < 4.78 is 16.9. The fourth-order valence-corrected chi connectivity index (χ4v) is 4.06. The van der Waals surface area contributed by atoms with Gasteiger partial charge >= 0.3 is 0 Å². The first-order valence-corrected chi connectivity index (χ1v) is 11.0. The van der Waals surface area contributed by atoms with Crippen molar-refractivity contribution >= 4 is 23.2 Å². The quantitative estimate of drug-likeness (QED) is 0.653. The average molecular weight is 462 g/mol. The van der Waals surface area contributed by atoms with Crippen molar-refractivity contribution < 1.29 is 24.1 Å². The number of aliphatic hydroxyl groups excluding tert-OH is 1. The maximum Gasteiger partial charge on any atom is 0.238 e. The van der Waals surface area contributed by atoms with Crippen LogP contribution in [-0.4, -0.2) is 86.0 Å². The molecular formula is C23H28ClN3O5. The second kappa shape index (κ2) is 10.4. The van der Waals surface area contributed by atoms with Gasteiger partial charge < -0.3 is 24.6 Å². The highest BCUT2D eigenvalue weighted by molar-refractivity contribution is 6.30. The van der Waals surface area contributed by atoms with Crippen LogP contribution in [0.2, 0.25) is 5.02 Å². The molecule has 2 aromatic rings. The summed E-state index contributed by atoms with van der Waals surface area (Å²) in [5, 5.41) is 14.2. The van der Waals surface area contributed by atoms with Crippen molar-refractivity contribution in [3.05, 3.63) is 47.5 Å². The summed E-state index contributed by atoms with van der Waals surface area (Å²) in [6.45, 7) is 4.13. The van der Waals surface area contributed by atoms with Crippen molar-refractivity contribution in [2.24, 2.45) is 0 Å². The van der Waals surface area contributed by atoms with Gasteiger partial charge in [-0.2, -0.15) is 0 Å². The Balaban J connectivity index is 1.20. The summed E-state index contributed by atoms with van der Waals surface area (Å²) in [6, 6.07) is 12.5. The Bertz CT molecular complexity index is 936. The molecule has 2 aromatic carbocycles. The number of hydrogen-bond acceptors (Lipinski definition) is 7. The van der Waals surface area contributed by atoms with Crippen LogP contribution in [0.15, 0.2) is 42.5 Å². The van der Waals surface area contributed by atoms with Gasteiger partial charge in [-0.05, 0) is 30.3 Å². The number of fused-ring (bicyclic) bond motifs is 1. The van der Waals surface area contributed by atoms with Gasteiger partial charge in [-0.15, -0.1) is 0 Å². The molecule has 2 unspecified atom stereocenters. The van der Waals surface area contributed by atoms with Gasteiger partial charge in [-0.25, -0.2) is 0 Å². The molecule has 0 radical (unpaired) electrons. The number of amides is 1. The van der Waals surface area contributed by atoms with Crippen LogP contribution in [0.25, 0.3) is 0 Å². The number of methoxy groups -OCH3 is 1. The van der Waals surface area contributed by atoms with Crippen LogP contribution in [0.3, 0.4) is 0 Å². The van der Waals surface area contributed by atoms with Crippen molar-refractivity contribution in [2.45, 2.75) is 12.2 Å². The molecule has 172 valence electrons. The van der Waals surface area contributed by atoms with Crippen molar-refractivity contribution in [3.63, 3.8) is 0 Å². The second-order valence-electron chi connectivity index (χ2n) is 7.98. The number of nitrogens with one attached hydrogen (secondary N) is 1. The summed E-state index contributed by atoms with van der Waals surface area (Å²) in [5.74, 6) is 1.86. The third kappa shape index (κ3) is 5.83. The Labute approximate surface area is 192 Å². The number of ether oxygens (including phenoxy) is 3. The van der Waals surface area contributed by atoms with Crippen LogP contribution < -0.4 is 19.5 Å². The van der Waals surface area contributed by atoms with Crippen LogP contribution in [-0.2, 0) is 4.79 Å². The first-order chi connectivity index (χ1) is 15.5. The minimum atomic E-state index is -0.678. The average Bonchev–Trinajstić information content (AvgIpc) is 2.79. The lowest BCUT2D eigenvalue weighted by atomic mass is 10.1. The minimum Gasteiger partial charge on any atom is -0.497 e. The summed E-state index contributed by atoms with van der Waals surface area (Å²) in [6.07, 6.45) is -1.11. The molecule has 0 bridgehead atoms. The smallest absolute Gasteiger partial charge is 0.238 e. The van der Waals surface area contributed by atoms with Gasteiger partial charge in [0.05, 0.1) is 13.7 Å². The highest BCUT2D eigenvalue weighted by atomic mass is 35.5. The molecule has 2 atom stereocenters. The normalized spacial score (nSPS) is 19.9. The lowest BCUT2D eigenvalue weighted by molar-refractivity contribution is -0.117. The monoisotopic (exact) mass is 461 g/mol. The zero-order valence-corrected chi connectivity index (χ0v) is 18.8. The van der Waals surface area contributed by atoms with Gasteiger partial charge in [-0.1, -0.05) is 17.7 Å². The lowest BCUT2D eigenvalue weighted by Gasteiger charge is -2.37. The van der Waals surface area contributed by atoms with E-state index < -0.39 is 12.2 Å². The van der Waals surface area contributed by atoms with Crippen LogP contribution >= 0.6 is 11.6 Å². The Morgan fingerprint density at radius 3 is 2.72 bits per heavy atom. The number of hydrogen-bond donors (Lipinski definition) is 2. The van der Waals surface area contributed by atoms with Crippen molar-refractivity contribution in [2.75, 3.05) is 58.3 Å². The molecular weight excluding hydrogens is 434 g/mol. The number of halogens is 1. The molecule has 32 heavy (non-hydrogen) atoms. The van der Waals surface area contributed by atoms with E-state index in [9.17, 15) is 9.90 Å². The SMILES string of the molecule is COc1ccc2c(c1)OCC(C(O)CN1CCN(CC(=O)Nc3cccc(Cl)c3)CC1)O2. The summed E-state index contributed by atoms with van der Waals surface area (Å²) in [4.78, 5) is 16.6. The van der Waals surface area contributed by atoms with Crippen molar-refractivity contribution in [1.29, 1.82) is 0 Å². The molecule has 8 nitrogen and oxygen atoms in total. The zero-order valence-electron chi connectivity index (χ0n) is 18.0. The van der Waals surface area contributed by atoms with Gasteiger partial charge in [0.1, 0.15) is 18.5 Å². The summed E-state index contributed by atoms with van der Waals surface area (Å²) in [7, 11) is 1.60. The molecule has 2 aliphatic heterocycles. The number of carbonyl (C=O) groups excluding carboxylic acids is 1. The Kier molecular flexibility index (Phi) is 7.36. The van der Waals surface area contributed by atoms with Crippen LogP contribution in [0, 0.1) is 0 Å². The van der Waals surface area contributed by atoms with Gasteiger partial charge in [0, 0.05) is 49.5 Å². The van der Waals surface area contributed by atoms with Crippen LogP contribution in [0.5, 0.6) is 17.2 Å². The number of benzene rings is 2. The largest absolute Gasteiger partial charge is 0.497 e. The number of piperazine rings is 1. The third-order valence-corrected chi connectivity index (χ3v) is 5.88. The van der Waals surface area contributed by atoms with E-state index in [4.69, 9.17) is 25.8 Å². The van der Waals surface area contributed by atoms with E-state index in [-0.39, 0.29) is 12.5 Å². The molecule has 4 rings (SSSR count). The minimum absolute atomic E-state index is 0.0659. The molecule has 2 aliphatic rings. The lowest BCUT2D eigenvalue weighted by Crippen LogP contribution is -2.53. The standard InChI is InChI=1S/C23H28ClN3O5/c1-30-18-5-6-20-21(12-18)31-15-22(32-20)19(28)13-26-7-9-27(10-8-26)14-23(29)25-17-4-2-3-16(24)11-17/h2-6,11-12,19,22,28H,7-10,13-15H2,1H3,(H,25,29). The van der Waals surface area contributed by atoms with Crippen LogP contribution in [0.4, 0.5) is 5.69 Å². The van der Waals surface area contributed by atoms with E-state index in [2.05, 4.69) is 15.1 Å². The second-order valence-corrected chi connectivity index (χ2v) is 8.42. The number of anilines is 1. The van der Waals surface area contributed by atoms with Crippen molar-refractivity contribution in [3.8, 4) is 17.2 Å². The van der Waals surface area contributed by atoms with Crippen molar-refractivity contribution in [1.82, 2.24) is 9.80 Å². The molecule has 1 saturated heterocycles. The van der Waals surface area contributed by atoms with E-state index in [0.717, 1.165) is 26.2 Å². The maximum atomic E-state index is 12.3. The molecule has 0 spiro atoms. The first-order valence-electron chi connectivity index (χ1n) is 10.7. The third-order valence-electron chi connectivity index (χ3n) is 5.65. The topological polar surface area (TPSA) is 83.5 Å². The number of rotatable bonds is 7. The Morgan fingerprint density at radius 1 is 1.19 bits per heavy atom. The van der Waals surface area contributed by atoms with E-state index in [0.29, 0.717) is 41.0 Å². The molecule has 2 N–H and O–H groups in total. The Hall–Kier alpha value is -2.52. The molecule has 2 heterocycles. The molecule has 0 aliphatic carbocycles. The van der Waals surface area contributed by atoms with Gasteiger partial charge in [0.2, 0.25) is 5.91 Å². The van der Waals surface area contributed by atoms with E-state index >= 15 is 0 Å². The van der Waals surface area contributed by atoms with E-state index in [1.807, 2.05) is 6.07 Å². The number of carbonyl (C=O) groups is 1. The summed E-state index contributed by atoms with van der Waals surface area (Å²) >= 11 is 5.96. The zero-order chi connectivity index (χ0) is 22.5. The molecule has 1 fully saturated rings. The van der Waals surface area contributed by atoms with Gasteiger partial charge in [0.15, 0.2) is 17.6 Å². The molecule has 0 saturated carbocycles. The summed E-state index contributed by atoms with van der Waals surface area (Å²) in [5.41, 5.74) is 0.693. The highest BCUT2D eigenvalue weighted by Crippen LogP contribution is 2.35. The fourth-order valence-electron chi connectivity index (χ4n) is 3.87. The molecule has 9 heteroatoms. The predicted octanol–water partition coefficient (Wildman–Crippen LogP) is 2.11. The van der Waals surface area contributed by atoms with Gasteiger partial charge in [0.25, 0.3) is 0 Å². The molecule has 1 amide bonds. The molecule has 0 aromatic heterocycles. The number of aliphatic hydroxyl groups is 1. The van der Waals surface area contributed by atoms with Gasteiger partial charge in [-0.3, -0.25) is 14.6 Å². The fraction of sp³-hybridized carbons (Fsp3) is 0.435. The highest BCUT2D eigenvalue weighted by Gasteiger charge is 2.30. The predicted molar refractivity (Wildman–Crippen MR) is 122 cm³/mol.